The van der Waals surface area contributed by atoms with Gasteiger partial charge in [0, 0.05) is 16.8 Å². The van der Waals surface area contributed by atoms with Gasteiger partial charge in [0.2, 0.25) is 5.91 Å². The molecule has 25 heavy (non-hydrogen) atoms. The van der Waals surface area contributed by atoms with E-state index in [1.807, 2.05) is 60.4 Å². The van der Waals surface area contributed by atoms with Gasteiger partial charge in [0.15, 0.2) is 0 Å². The monoisotopic (exact) mass is 351 g/mol. The number of carbonyl (C=O) groups excluding carboxylic acids is 1. The number of benzene rings is 3. The van der Waals surface area contributed by atoms with E-state index in [4.69, 9.17) is 4.74 Å². The Bertz CT molecular complexity index is 873. The largest absolute Gasteiger partial charge is 0.497 e. The first-order valence-electron chi connectivity index (χ1n) is 8.28. The van der Waals surface area contributed by atoms with Crippen LogP contribution in [0.3, 0.4) is 0 Å². The minimum absolute atomic E-state index is 0.103. The van der Waals surface area contributed by atoms with E-state index < -0.39 is 0 Å². The Morgan fingerprint density at radius 1 is 1.04 bits per heavy atom. The lowest BCUT2D eigenvalue weighted by molar-refractivity contribution is -0.116. The van der Waals surface area contributed by atoms with Crippen LogP contribution in [0.1, 0.15) is 6.92 Å². The number of thioether (sulfide) groups is 1. The van der Waals surface area contributed by atoms with Crippen LogP contribution in [0.4, 0.5) is 5.69 Å². The van der Waals surface area contributed by atoms with Crippen molar-refractivity contribution in [1.82, 2.24) is 0 Å². The van der Waals surface area contributed by atoms with Crippen molar-refractivity contribution in [2.24, 2.45) is 0 Å². The molecule has 0 unspecified atom stereocenters. The van der Waals surface area contributed by atoms with E-state index in [-0.39, 0.29) is 5.91 Å². The Hall–Kier alpha value is -2.46. The molecule has 0 heterocycles. The molecule has 0 saturated heterocycles. The molecule has 0 aromatic heterocycles. The first-order valence-corrected chi connectivity index (χ1v) is 9.26. The van der Waals surface area contributed by atoms with Crippen molar-refractivity contribution in [3.63, 3.8) is 0 Å². The van der Waals surface area contributed by atoms with Gasteiger partial charge >= 0.3 is 0 Å². The number of anilines is 1. The highest BCUT2D eigenvalue weighted by molar-refractivity contribution is 8.00. The maximum absolute atomic E-state index is 12.8. The number of ether oxygens (including phenoxy) is 1. The van der Waals surface area contributed by atoms with Gasteiger partial charge in [-0.3, -0.25) is 4.79 Å². The second-order valence-electron chi connectivity index (χ2n) is 5.60. The normalized spacial score (nSPS) is 10.6. The van der Waals surface area contributed by atoms with Crippen LogP contribution in [0.25, 0.3) is 10.8 Å². The number of hydrogen-bond donors (Lipinski definition) is 0. The molecule has 128 valence electrons. The molecular weight excluding hydrogens is 330 g/mol. The Balaban J connectivity index is 1.79. The fraction of sp³-hybridized carbons (Fsp3) is 0.190. The Kier molecular flexibility index (Phi) is 5.61. The van der Waals surface area contributed by atoms with Crippen LogP contribution < -0.4 is 9.64 Å². The van der Waals surface area contributed by atoms with Crippen molar-refractivity contribution in [1.29, 1.82) is 0 Å². The van der Waals surface area contributed by atoms with E-state index in [1.165, 1.54) is 11.8 Å². The first-order chi connectivity index (χ1) is 12.2. The summed E-state index contributed by atoms with van der Waals surface area (Å²) in [7, 11) is 1.65. The molecule has 4 heteroatoms. The predicted octanol–water partition coefficient (Wildman–Crippen LogP) is 4.99. The number of rotatable bonds is 6. The van der Waals surface area contributed by atoms with Crippen LogP contribution in [0, 0.1) is 0 Å². The Morgan fingerprint density at radius 3 is 2.60 bits per heavy atom. The quantitative estimate of drug-likeness (QED) is 0.586. The standard InChI is InChI=1S/C21H21NO2S/c1-3-22(20-13-6-9-16-8-4-5-12-19(16)20)21(23)15-25-18-11-7-10-17(14-18)24-2/h4-14H,3,15H2,1-2H3. The van der Waals surface area contributed by atoms with E-state index in [0.717, 1.165) is 27.1 Å². The van der Waals surface area contributed by atoms with Crippen LogP contribution in [0.15, 0.2) is 71.6 Å². The summed E-state index contributed by atoms with van der Waals surface area (Å²) in [4.78, 5) is 15.7. The zero-order valence-corrected chi connectivity index (χ0v) is 15.3. The minimum atomic E-state index is 0.103. The number of hydrogen-bond acceptors (Lipinski definition) is 3. The molecule has 0 radical (unpaired) electrons. The summed E-state index contributed by atoms with van der Waals surface area (Å²) < 4.78 is 5.24. The van der Waals surface area contributed by atoms with Crippen LogP contribution in [0.5, 0.6) is 5.75 Å². The third-order valence-corrected chi connectivity index (χ3v) is 5.06. The minimum Gasteiger partial charge on any atom is -0.497 e. The summed E-state index contributed by atoms with van der Waals surface area (Å²) in [6.45, 7) is 2.65. The molecule has 3 aromatic carbocycles. The maximum atomic E-state index is 12.8. The molecule has 3 rings (SSSR count). The molecule has 0 spiro atoms. The van der Waals surface area contributed by atoms with Gasteiger partial charge in [-0.25, -0.2) is 0 Å². The summed E-state index contributed by atoms with van der Waals surface area (Å²) in [6, 6.07) is 22.0. The number of amides is 1. The topological polar surface area (TPSA) is 29.5 Å². The van der Waals surface area contributed by atoms with Gasteiger partial charge in [-0.1, -0.05) is 42.5 Å². The second-order valence-corrected chi connectivity index (χ2v) is 6.65. The van der Waals surface area contributed by atoms with Gasteiger partial charge < -0.3 is 9.64 Å². The summed E-state index contributed by atoms with van der Waals surface area (Å²) in [5.74, 6) is 1.30. The predicted molar refractivity (Wildman–Crippen MR) is 106 cm³/mol. The third-order valence-electron chi connectivity index (χ3n) is 4.08. The fourth-order valence-corrected chi connectivity index (χ4v) is 3.66. The number of nitrogens with zero attached hydrogens (tertiary/aromatic N) is 1. The number of carbonyl (C=O) groups is 1. The lowest BCUT2D eigenvalue weighted by Crippen LogP contribution is -2.32. The fourth-order valence-electron chi connectivity index (χ4n) is 2.84. The number of methoxy groups -OCH3 is 1. The van der Waals surface area contributed by atoms with Crippen LogP contribution in [-0.2, 0) is 4.79 Å². The van der Waals surface area contributed by atoms with E-state index in [9.17, 15) is 4.79 Å². The molecule has 3 nitrogen and oxygen atoms in total. The van der Waals surface area contributed by atoms with Gasteiger partial charge in [-0.05, 0) is 36.6 Å². The molecule has 0 bridgehead atoms. The maximum Gasteiger partial charge on any atom is 0.237 e. The molecule has 0 aliphatic heterocycles. The summed E-state index contributed by atoms with van der Waals surface area (Å²) >= 11 is 1.53. The molecule has 0 aliphatic rings. The molecule has 0 atom stereocenters. The summed E-state index contributed by atoms with van der Waals surface area (Å²) in [6.07, 6.45) is 0. The third kappa shape index (κ3) is 3.97. The molecular formula is C21H21NO2S. The highest BCUT2D eigenvalue weighted by Crippen LogP contribution is 2.28. The second kappa shape index (κ2) is 8.08. The Labute approximate surface area is 152 Å². The van der Waals surface area contributed by atoms with Crippen LogP contribution >= 0.6 is 11.8 Å². The average Bonchev–Trinajstić information content (AvgIpc) is 2.67. The SMILES string of the molecule is CCN(C(=O)CSc1cccc(OC)c1)c1cccc2ccccc12. The van der Waals surface area contributed by atoms with Crippen LogP contribution in [-0.4, -0.2) is 25.3 Å². The van der Waals surface area contributed by atoms with E-state index in [2.05, 4.69) is 18.2 Å². The van der Waals surface area contributed by atoms with Crippen molar-refractivity contribution >= 4 is 34.1 Å². The molecule has 1 amide bonds. The van der Waals surface area contributed by atoms with Gasteiger partial charge in [-0.15, -0.1) is 11.8 Å². The smallest absolute Gasteiger partial charge is 0.237 e. The lowest BCUT2D eigenvalue weighted by Gasteiger charge is -2.22. The van der Waals surface area contributed by atoms with Gasteiger partial charge in [0.25, 0.3) is 0 Å². The van der Waals surface area contributed by atoms with Crippen molar-refractivity contribution in [3.8, 4) is 5.75 Å². The lowest BCUT2D eigenvalue weighted by atomic mass is 10.1. The summed E-state index contributed by atoms with van der Waals surface area (Å²) in [5, 5.41) is 2.25. The molecule has 3 aromatic rings. The number of fused-ring (bicyclic) bond motifs is 1. The molecule has 0 N–H and O–H groups in total. The zero-order valence-electron chi connectivity index (χ0n) is 14.4. The van der Waals surface area contributed by atoms with E-state index in [0.29, 0.717) is 12.3 Å². The van der Waals surface area contributed by atoms with Crippen molar-refractivity contribution in [3.05, 3.63) is 66.7 Å². The first kappa shape index (κ1) is 17.4. The van der Waals surface area contributed by atoms with Crippen molar-refractivity contribution in [2.75, 3.05) is 24.3 Å². The van der Waals surface area contributed by atoms with Gasteiger partial charge in [-0.2, -0.15) is 0 Å². The van der Waals surface area contributed by atoms with Crippen LogP contribution in [0.2, 0.25) is 0 Å². The highest BCUT2D eigenvalue weighted by Gasteiger charge is 2.16. The van der Waals surface area contributed by atoms with E-state index >= 15 is 0 Å². The highest BCUT2D eigenvalue weighted by atomic mass is 32.2. The molecule has 0 fully saturated rings. The van der Waals surface area contributed by atoms with Crippen molar-refractivity contribution in [2.45, 2.75) is 11.8 Å². The molecule has 0 saturated carbocycles. The van der Waals surface area contributed by atoms with Crippen molar-refractivity contribution < 1.29 is 9.53 Å². The zero-order chi connectivity index (χ0) is 17.6. The van der Waals surface area contributed by atoms with Gasteiger partial charge in [0.1, 0.15) is 5.75 Å². The average molecular weight is 351 g/mol. The van der Waals surface area contributed by atoms with Gasteiger partial charge in [0.05, 0.1) is 18.6 Å². The molecule has 0 aliphatic carbocycles. The Morgan fingerprint density at radius 2 is 1.80 bits per heavy atom. The van der Waals surface area contributed by atoms with E-state index in [1.54, 1.807) is 7.11 Å². The summed E-state index contributed by atoms with van der Waals surface area (Å²) in [5.41, 5.74) is 0.969.